The lowest BCUT2D eigenvalue weighted by Gasteiger charge is -2.10. The maximum Gasteiger partial charge on any atom is 0.262 e. The maximum atomic E-state index is 11.9. The molecule has 0 saturated carbocycles. The lowest BCUT2D eigenvalue weighted by Crippen LogP contribution is -2.21. The first kappa shape index (κ1) is 19.0. The van der Waals surface area contributed by atoms with Gasteiger partial charge in [0.15, 0.2) is 6.61 Å². The van der Waals surface area contributed by atoms with Gasteiger partial charge in [0, 0.05) is 5.69 Å². The van der Waals surface area contributed by atoms with Crippen molar-refractivity contribution in [3.63, 3.8) is 0 Å². The molecule has 0 radical (unpaired) electrons. The van der Waals surface area contributed by atoms with Gasteiger partial charge in [-0.05, 0) is 54.9 Å². The molecule has 0 spiro atoms. The Balaban J connectivity index is 1.90. The number of amides is 1. The van der Waals surface area contributed by atoms with Crippen LogP contribution in [0, 0.1) is 0 Å². The van der Waals surface area contributed by atoms with Crippen molar-refractivity contribution in [3.05, 3.63) is 54.1 Å². The molecule has 2 N–H and O–H groups in total. The fourth-order valence-electron chi connectivity index (χ4n) is 2.13. The van der Waals surface area contributed by atoms with Crippen LogP contribution in [0.2, 0.25) is 0 Å². The van der Waals surface area contributed by atoms with Crippen molar-refractivity contribution in [2.45, 2.75) is 24.7 Å². The molecular formula is C18H22N2O4S. The van der Waals surface area contributed by atoms with Gasteiger partial charge in [0.2, 0.25) is 10.0 Å². The van der Waals surface area contributed by atoms with E-state index >= 15 is 0 Å². The smallest absolute Gasteiger partial charge is 0.262 e. The molecule has 6 nitrogen and oxygen atoms in total. The number of carbonyl (C=O) groups excluding carboxylic acids is 1. The highest BCUT2D eigenvalue weighted by Gasteiger charge is 2.11. The second kappa shape index (κ2) is 8.13. The zero-order valence-corrected chi connectivity index (χ0v) is 15.3. The number of rotatable bonds is 7. The third-order valence-electron chi connectivity index (χ3n) is 3.63. The monoisotopic (exact) mass is 362 g/mol. The largest absolute Gasteiger partial charge is 0.484 e. The molecule has 0 bridgehead atoms. The Bertz CT molecular complexity index is 813. The van der Waals surface area contributed by atoms with E-state index in [1.165, 1.54) is 36.9 Å². The Morgan fingerprint density at radius 3 is 2.16 bits per heavy atom. The van der Waals surface area contributed by atoms with E-state index in [0.717, 1.165) is 0 Å². The van der Waals surface area contributed by atoms with Gasteiger partial charge in [-0.25, -0.2) is 13.1 Å². The van der Waals surface area contributed by atoms with Crippen LogP contribution >= 0.6 is 0 Å². The van der Waals surface area contributed by atoms with Crippen molar-refractivity contribution in [3.8, 4) is 5.75 Å². The predicted molar refractivity (Wildman–Crippen MR) is 97.3 cm³/mol. The summed E-state index contributed by atoms with van der Waals surface area (Å²) in [4.78, 5) is 12.1. The molecule has 0 unspecified atom stereocenters. The second-order valence-electron chi connectivity index (χ2n) is 5.79. The topological polar surface area (TPSA) is 84.5 Å². The van der Waals surface area contributed by atoms with Crippen LogP contribution in [0.25, 0.3) is 0 Å². The summed E-state index contributed by atoms with van der Waals surface area (Å²) in [5.74, 6) is 0.735. The van der Waals surface area contributed by atoms with Crippen molar-refractivity contribution >= 4 is 21.6 Å². The van der Waals surface area contributed by atoms with Crippen molar-refractivity contribution < 1.29 is 17.9 Å². The van der Waals surface area contributed by atoms with E-state index in [2.05, 4.69) is 23.9 Å². The van der Waals surface area contributed by atoms with Crippen LogP contribution in [-0.4, -0.2) is 28.0 Å². The number of carbonyl (C=O) groups is 1. The first-order valence-corrected chi connectivity index (χ1v) is 9.36. The van der Waals surface area contributed by atoms with E-state index in [-0.39, 0.29) is 17.4 Å². The molecule has 0 aliphatic rings. The lowest BCUT2D eigenvalue weighted by molar-refractivity contribution is -0.118. The minimum absolute atomic E-state index is 0.127. The molecule has 0 aliphatic carbocycles. The Morgan fingerprint density at radius 2 is 1.64 bits per heavy atom. The second-order valence-corrected chi connectivity index (χ2v) is 7.68. The summed E-state index contributed by atoms with van der Waals surface area (Å²) in [5.41, 5.74) is 1.70. The molecule has 2 rings (SSSR count). The molecule has 7 heteroatoms. The van der Waals surface area contributed by atoms with Gasteiger partial charge in [0.1, 0.15) is 5.75 Å². The van der Waals surface area contributed by atoms with Gasteiger partial charge in [-0.1, -0.05) is 26.0 Å². The fourth-order valence-corrected chi connectivity index (χ4v) is 2.86. The molecule has 2 aromatic rings. The van der Waals surface area contributed by atoms with E-state index in [4.69, 9.17) is 4.74 Å². The molecule has 0 atom stereocenters. The average molecular weight is 362 g/mol. The van der Waals surface area contributed by atoms with Crippen LogP contribution in [0.15, 0.2) is 53.4 Å². The first-order chi connectivity index (χ1) is 11.8. The average Bonchev–Trinajstić information content (AvgIpc) is 2.61. The summed E-state index contributed by atoms with van der Waals surface area (Å²) in [6, 6.07) is 13.5. The Morgan fingerprint density at radius 1 is 1.04 bits per heavy atom. The van der Waals surface area contributed by atoms with Crippen molar-refractivity contribution in [2.24, 2.45) is 0 Å². The fraction of sp³-hybridized carbons (Fsp3) is 0.278. The Hall–Kier alpha value is -2.38. The van der Waals surface area contributed by atoms with E-state index < -0.39 is 10.0 Å². The molecule has 1 amide bonds. The number of ether oxygens (including phenoxy) is 1. The van der Waals surface area contributed by atoms with Crippen molar-refractivity contribution in [2.75, 3.05) is 19.0 Å². The van der Waals surface area contributed by atoms with Crippen molar-refractivity contribution in [1.29, 1.82) is 0 Å². The molecule has 0 fully saturated rings. The van der Waals surface area contributed by atoms with E-state index in [1.807, 2.05) is 24.3 Å². The highest BCUT2D eigenvalue weighted by Crippen LogP contribution is 2.18. The van der Waals surface area contributed by atoms with E-state index in [9.17, 15) is 13.2 Å². The number of hydrogen-bond donors (Lipinski definition) is 2. The highest BCUT2D eigenvalue weighted by atomic mass is 32.2. The molecule has 25 heavy (non-hydrogen) atoms. The summed E-state index contributed by atoms with van der Waals surface area (Å²) in [7, 11) is -2.14. The molecule has 0 heterocycles. The summed E-state index contributed by atoms with van der Waals surface area (Å²) in [6.07, 6.45) is 0. The van der Waals surface area contributed by atoms with Gasteiger partial charge < -0.3 is 10.1 Å². The zero-order chi connectivity index (χ0) is 18.4. The van der Waals surface area contributed by atoms with Crippen LogP contribution in [-0.2, 0) is 14.8 Å². The standard InChI is InChI=1S/C18H22N2O4S/c1-13(2)14-4-8-16(9-5-14)24-12-18(21)20-15-6-10-17(11-7-15)25(22,23)19-3/h4-11,13,19H,12H2,1-3H3,(H,20,21). The number of benzene rings is 2. The van der Waals surface area contributed by atoms with Crippen LogP contribution in [0.1, 0.15) is 25.3 Å². The minimum Gasteiger partial charge on any atom is -0.484 e. The molecular weight excluding hydrogens is 340 g/mol. The van der Waals surface area contributed by atoms with Gasteiger partial charge in [-0.2, -0.15) is 0 Å². The predicted octanol–water partition coefficient (Wildman–Crippen LogP) is 2.74. The normalized spacial score (nSPS) is 11.4. The third kappa shape index (κ3) is 5.30. The number of sulfonamides is 1. The van der Waals surface area contributed by atoms with Gasteiger partial charge in [0.05, 0.1) is 4.90 Å². The molecule has 0 saturated heterocycles. The minimum atomic E-state index is -3.49. The molecule has 0 aromatic heterocycles. The van der Waals surface area contributed by atoms with Gasteiger partial charge in [0.25, 0.3) is 5.91 Å². The summed E-state index contributed by atoms with van der Waals surface area (Å²) < 4.78 is 31.0. The van der Waals surface area contributed by atoms with Crippen molar-refractivity contribution in [1.82, 2.24) is 4.72 Å². The summed E-state index contributed by atoms with van der Waals surface area (Å²) in [6.45, 7) is 4.09. The third-order valence-corrected chi connectivity index (χ3v) is 5.06. The molecule has 0 aliphatic heterocycles. The summed E-state index contributed by atoms with van der Waals surface area (Å²) in [5, 5.41) is 2.66. The number of anilines is 1. The lowest BCUT2D eigenvalue weighted by atomic mass is 10.0. The zero-order valence-electron chi connectivity index (χ0n) is 14.4. The first-order valence-electron chi connectivity index (χ1n) is 7.88. The van der Waals surface area contributed by atoms with Crippen LogP contribution in [0.3, 0.4) is 0 Å². The number of hydrogen-bond acceptors (Lipinski definition) is 4. The quantitative estimate of drug-likeness (QED) is 0.793. The Labute approximate surface area is 148 Å². The van der Waals surface area contributed by atoms with E-state index in [0.29, 0.717) is 17.4 Å². The SMILES string of the molecule is CNS(=O)(=O)c1ccc(NC(=O)COc2ccc(C(C)C)cc2)cc1. The highest BCUT2D eigenvalue weighted by molar-refractivity contribution is 7.89. The molecule has 2 aromatic carbocycles. The molecule has 134 valence electrons. The Kier molecular flexibility index (Phi) is 6.17. The van der Waals surface area contributed by atoms with E-state index in [1.54, 1.807) is 0 Å². The van der Waals surface area contributed by atoms with Gasteiger partial charge >= 0.3 is 0 Å². The van der Waals surface area contributed by atoms with Gasteiger partial charge in [-0.15, -0.1) is 0 Å². The maximum absolute atomic E-state index is 11.9. The van der Waals surface area contributed by atoms with Crippen LogP contribution in [0.5, 0.6) is 5.75 Å². The van der Waals surface area contributed by atoms with Gasteiger partial charge in [-0.3, -0.25) is 4.79 Å². The van der Waals surface area contributed by atoms with Crippen LogP contribution < -0.4 is 14.8 Å². The number of nitrogens with one attached hydrogen (secondary N) is 2. The van der Waals surface area contributed by atoms with Crippen LogP contribution in [0.4, 0.5) is 5.69 Å². The summed E-state index contributed by atoms with van der Waals surface area (Å²) >= 11 is 0.